The topological polar surface area (TPSA) is 49.4 Å². The highest BCUT2D eigenvalue weighted by atomic mass is 79.9. The highest BCUT2D eigenvalue weighted by Crippen LogP contribution is 2.16. The first-order valence-electron chi connectivity index (χ1n) is 9.63. The van der Waals surface area contributed by atoms with E-state index in [1.165, 1.54) is 0 Å². The lowest BCUT2D eigenvalue weighted by atomic mass is 10.1. The Labute approximate surface area is 176 Å². The van der Waals surface area contributed by atoms with Gasteiger partial charge in [-0.15, -0.1) is 0 Å². The van der Waals surface area contributed by atoms with E-state index < -0.39 is 6.04 Å². The second-order valence-corrected chi connectivity index (χ2v) is 8.54. The first-order chi connectivity index (χ1) is 13.3. The van der Waals surface area contributed by atoms with E-state index >= 15 is 0 Å². The zero-order valence-corrected chi connectivity index (χ0v) is 18.6. The zero-order valence-electron chi connectivity index (χ0n) is 17.0. The average molecular weight is 445 g/mol. The Bertz CT molecular complexity index is 785. The normalized spacial score (nSPS) is 11.9. The molecule has 0 saturated heterocycles. The number of nitrogens with one attached hydrogen (secondary N) is 1. The van der Waals surface area contributed by atoms with Crippen LogP contribution in [0.3, 0.4) is 0 Å². The molecule has 1 atom stereocenters. The fourth-order valence-electron chi connectivity index (χ4n) is 2.80. The van der Waals surface area contributed by atoms with Gasteiger partial charge in [0.1, 0.15) is 6.04 Å². The molecule has 150 valence electrons. The molecule has 0 aliphatic carbocycles. The minimum atomic E-state index is -0.541. The van der Waals surface area contributed by atoms with Crippen LogP contribution in [0.4, 0.5) is 0 Å². The summed E-state index contributed by atoms with van der Waals surface area (Å²) < 4.78 is 0.983. The molecule has 2 aromatic carbocycles. The summed E-state index contributed by atoms with van der Waals surface area (Å²) in [7, 11) is 0. The Kier molecular flexibility index (Phi) is 8.24. The molecular weight excluding hydrogens is 416 g/mol. The van der Waals surface area contributed by atoms with Crippen molar-refractivity contribution in [3.05, 3.63) is 69.7 Å². The highest BCUT2D eigenvalue weighted by Gasteiger charge is 2.26. The van der Waals surface area contributed by atoms with Crippen molar-refractivity contribution in [3.63, 3.8) is 0 Å². The van der Waals surface area contributed by atoms with Gasteiger partial charge in [0, 0.05) is 17.6 Å². The van der Waals surface area contributed by atoms with E-state index in [1.807, 2.05) is 69.3 Å². The molecule has 0 radical (unpaired) electrons. The molecule has 4 nitrogen and oxygen atoms in total. The lowest BCUT2D eigenvalue weighted by Crippen LogP contribution is -2.48. The van der Waals surface area contributed by atoms with E-state index in [2.05, 4.69) is 21.2 Å². The van der Waals surface area contributed by atoms with Crippen LogP contribution in [0.25, 0.3) is 0 Å². The van der Waals surface area contributed by atoms with Gasteiger partial charge in [-0.25, -0.2) is 0 Å². The van der Waals surface area contributed by atoms with Crippen LogP contribution in [0.15, 0.2) is 53.0 Å². The molecule has 2 aromatic rings. The van der Waals surface area contributed by atoms with Crippen molar-refractivity contribution in [1.29, 1.82) is 0 Å². The van der Waals surface area contributed by atoms with Gasteiger partial charge in [-0.05, 0) is 43.0 Å². The Balaban J connectivity index is 2.18. The third-order valence-corrected chi connectivity index (χ3v) is 5.12. The van der Waals surface area contributed by atoms with E-state index in [0.29, 0.717) is 19.0 Å². The summed E-state index contributed by atoms with van der Waals surface area (Å²) in [5.41, 5.74) is 3.10. The van der Waals surface area contributed by atoms with Crippen molar-refractivity contribution in [2.45, 2.75) is 46.7 Å². The minimum Gasteiger partial charge on any atom is -0.354 e. The fraction of sp³-hybridized carbons (Fsp3) is 0.391. The Morgan fingerprint density at radius 1 is 0.964 bits per heavy atom. The average Bonchev–Trinajstić information content (AvgIpc) is 2.66. The lowest BCUT2D eigenvalue weighted by Gasteiger charge is -2.29. The highest BCUT2D eigenvalue weighted by molar-refractivity contribution is 9.10. The van der Waals surface area contributed by atoms with Crippen LogP contribution >= 0.6 is 15.9 Å². The predicted octanol–water partition coefficient (Wildman–Crippen LogP) is 4.49. The summed E-state index contributed by atoms with van der Waals surface area (Å²) in [6, 6.07) is 15.2. The van der Waals surface area contributed by atoms with Gasteiger partial charge >= 0.3 is 0 Å². The maximum atomic E-state index is 13.1. The van der Waals surface area contributed by atoms with Crippen LogP contribution < -0.4 is 5.32 Å². The van der Waals surface area contributed by atoms with Crippen molar-refractivity contribution in [2.24, 2.45) is 5.92 Å². The Hall–Kier alpha value is -2.14. The Morgan fingerprint density at radius 3 is 2.11 bits per heavy atom. The molecule has 0 aromatic heterocycles. The fourth-order valence-corrected chi connectivity index (χ4v) is 3.07. The van der Waals surface area contributed by atoms with Crippen LogP contribution in [-0.2, 0) is 22.6 Å². The van der Waals surface area contributed by atoms with Crippen molar-refractivity contribution in [3.8, 4) is 0 Å². The number of hydrogen-bond acceptors (Lipinski definition) is 2. The third-order valence-electron chi connectivity index (χ3n) is 4.59. The standard InChI is InChI=1S/C23H29BrN2O2/c1-16(2)14-25-23(28)18(4)26(15-20-9-11-21(24)12-10-20)22(27)13-19-7-5-17(3)6-8-19/h5-12,16,18H,13-15H2,1-4H3,(H,25,28)/t18-/m0/s1. The van der Waals surface area contributed by atoms with Crippen molar-refractivity contribution < 1.29 is 9.59 Å². The number of carbonyl (C=O) groups is 2. The monoisotopic (exact) mass is 444 g/mol. The third kappa shape index (κ3) is 6.79. The molecule has 0 unspecified atom stereocenters. The van der Waals surface area contributed by atoms with Gasteiger partial charge < -0.3 is 10.2 Å². The summed E-state index contributed by atoms with van der Waals surface area (Å²) >= 11 is 3.43. The first kappa shape index (κ1) is 22.2. The van der Waals surface area contributed by atoms with Crippen LogP contribution in [0.5, 0.6) is 0 Å². The van der Waals surface area contributed by atoms with Gasteiger partial charge in [0.05, 0.1) is 6.42 Å². The SMILES string of the molecule is Cc1ccc(CC(=O)N(Cc2ccc(Br)cc2)[C@@H](C)C(=O)NCC(C)C)cc1. The number of carbonyl (C=O) groups excluding carboxylic acids is 2. The summed E-state index contributed by atoms with van der Waals surface area (Å²) in [6.07, 6.45) is 0.276. The van der Waals surface area contributed by atoms with E-state index in [-0.39, 0.29) is 18.2 Å². The molecule has 28 heavy (non-hydrogen) atoms. The second kappa shape index (κ2) is 10.4. The number of nitrogens with zero attached hydrogens (tertiary/aromatic N) is 1. The summed E-state index contributed by atoms with van der Waals surface area (Å²) in [5.74, 6) is 0.182. The minimum absolute atomic E-state index is 0.0565. The maximum absolute atomic E-state index is 13.1. The number of rotatable bonds is 8. The Morgan fingerprint density at radius 2 is 1.54 bits per heavy atom. The molecule has 0 spiro atoms. The predicted molar refractivity (Wildman–Crippen MR) is 117 cm³/mol. The van der Waals surface area contributed by atoms with Gasteiger partial charge in [0.15, 0.2) is 0 Å². The zero-order chi connectivity index (χ0) is 20.7. The van der Waals surface area contributed by atoms with Gasteiger partial charge in [-0.2, -0.15) is 0 Å². The quantitative estimate of drug-likeness (QED) is 0.651. The summed E-state index contributed by atoms with van der Waals surface area (Å²) in [5, 5.41) is 2.94. The number of benzene rings is 2. The smallest absolute Gasteiger partial charge is 0.242 e. The molecule has 5 heteroatoms. The molecule has 0 bridgehead atoms. The maximum Gasteiger partial charge on any atom is 0.242 e. The number of aryl methyl sites for hydroxylation is 1. The molecule has 0 aliphatic heterocycles. The number of amides is 2. The second-order valence-electron chi connectivity index (χ2n) is 7.63. The molecular formula is C23H29BrN2O2. The van der Waals surface area contributed by atoms with E-state index in [0.717, 1.165) is 21.2 Å². The first-order valence-corrected chi connectivity index (χ1v) is 10.4. The molecule has 2 rings (SSSR count). The lowest BCUT2D eigenvalue weighted by molar-refractivity contribution is -0.140. The van der Waals surface area contributed by atoms with E-state index in [4.69, 9.17) is 0 Å². The molecule has 0 fully saturated rings. The molecule has 0 saturated carbocycles. The number of halogens is 1. The molecule has 0 heterocycles. The van der Waals surface area contributed by atoms with Crippen molar-refractivity contribution in [2.75, 3.05) is 6.54 Å². The van der Waals surface area contributed by atoms with Crippen LogP contribution in [-0.4, -0.2) is 29.3 Å². The molecule has 2 amide bonds. The van der Waals surface area contributed by atoms with Gasteiger partial charge in [-0.1, -0.05) is 71.7 Å². The molecule has 0 aliphatic rings. The summed E-state index contributed by atoms with van der Waals surface area (Å²) in [6.45, 7) is 8.91. The van der Waals surface area contributed by atoms with Gasteiger partial charge in [0.25, 0.3) is 0 Å². The van der Waals surface area contributed by atoms with Crippen LogP contribution in [0.2, 0.25) is 0 Å². The van der Waals surface area contributed by atoms with E-state index in [9.17, 15) is 9.59 Å². The van der Waals surface area contributed by atoms with Crippen LogP contribution in [0.1, 0.15) is 37.5 Å². The van der Waals surface area contributed by atoms with E-state index in [1.54, 1.807) is 11.8 Å². The summed E-state index contributed by atoms with van der Waals surface area (Å²) in [4.78, 5) is 27.4. The van der Waals surface area contributed by atoms with Gasteiger partial charge in [0.2, 0.25) is 11.8 Å². The van der Waals surface area contributed by atoms with Crippen LogP contribution in [0, 0.1) is 12.8 Å². The molecule has 1 N–H and O–H groups in total. The number of hydrogen-bond donors (Lipinski definition) is 1. The van der Waals surface area contributed by atoms with Gasteiger partial charge in [-0.3, -0.25) is 9.59 Å². The van der Waals surface area contributed by atoms with Crippen molar-refractivity contribution in [1.82, 2.24) is 10.2 Å². The van der Waals surface area contributed by atoms with Crippen molar-refractivity contribution >= 4 is 27.7 Å². The largest absolute Gasteiger partial charge is 0.354 e.